The molecule has 0 radical (unpaired) electrons. The predicted octanol–water partition coefficient (Wildman–Crippen LogP) is 2.05. The normalized spacial score (nSPS) is 10.5. The SMILES string of the molecule is COc1cc(CCc2nnc(N)s2)ccc1F. The largest absolute Gasteiger partial charge is 0.494 e. The van der Waals surface area contributed by atoms with E-state index in [2.05, 4.69) is 10.2 Å². The lowest BCUT2D eigenvalue weighted by Crippen LogP contribution is -1.94. The standard InChI is InChI=1S/C11H12FN3OS/c1-16-9-6-7(2-4-8(9)12)3-5-10-14-15-11(13)17-10/h2,4,6H,3,5H2,1H3,(H2,13,15). The Morgan fingerprint density at radius 3 is 2.82 bits per heavy atom. The van der Waals surface area contributed by atoms with Gasteiger partial charge in [0, 0.05) is 6.42 Å². The zero-order valence-electron chi connectivity index (χ0n) is 9.31. The minimum absolute atomic E-state index is 0.263. The second-order valence-electron chi connectivity index (χ2n) is 3.50. The molecule has 0 atom stereocenters. The van der Waals surface area contributed by atoms with Gasteiger partial charge in [0.15, 0.2) is 11.6 Å². The lowest BCUT2D eigenvalue weighted by Gasteiger charge is -2.04. The number of anilines is 1. The van der Waals surface area contributed by atoms with Crippen LogP contribution in [0.5, 0.6) is 5.75 Å². The summed E-state index contributed by atoms with van der Waals surface area (Å²) in [5, 5.41) is 9.02. The van der Waals surface area contributed by atoms with Crippen molar-refractivity contribution >= 4 is 16.5 Å². The Morgan fingerprint density at radius 1 is 1.35 bits per heavy atom. The van der Waals surface area contributed by atoms with Gasteiger partial charge >= 0.3 is 0 Å². The molecule has 1 aromatic heterocycles. The molecule has 0 amide bonds. The molecule has 17 heavy (non-hydrogen) atoms. The second-order valence-corrected chi connectivity index (χ2v) is 4.60. The molecule has 2 N–H and O–H groups in total. The maximum Gasteiger partial charge on any atom is 0.203 e. The molecular weight excluding hydrogens is 241 g/mol. The molecule has 0 spiro atoms. The first-order chi connectivity index (χ1) is 8.19. The molecule has 0 aliphatic carbocycles. The highest BCUT2D eigenvalue weighted by Crippen LogP contribution is 2.20. The zero-order chi connectivity index (χ0) is 12.3. The van der Waals surface area contributed by atoms with Crippen molar-refractivity contribution < 1.29 is 9.13 Å². The third-order valence-corrected chi connectivity index (χ3v) is 3.14. The van der Waals surface area contributed by atoms with Gasteiger partial charge in [-0.2, -0.15) is 0 Å². The van der Waals surface area contributed by atoms with Gasteiger partial charge in [-0.25, -0.2) is 4.39 Å². The molecule has 6 heteroatoms. The fourth-order valence-electron chi connectivity index (χ4n) is 1.48. The van der Waals surface area contributed by atoms with Crippen LogP contribution in [0.3, 0.4) is 0 Å². The summed E-state index contributed by atoms with van der Waals surface area (Å²) in [5.74, 6) is -0.0873. The van der Waals surface area contributed by atoms with Crippen molar-refractivity contribution in [2.45, 2.75) is 12.8 Å². The van der Waals surface area contributed by atoms with Crippen LogP contribution in [-0.2, 0) is 12.8 Å². The fraction of sp³-hybridized carbons (Fsp3) is 0.273. The molecule has 0 saturated heterocycles. The number of ether oxygens (including phenoxy) is 1. The minimum atomic E-state index is -0.351. The number of nitrogens with zero attached hydrogens (tertiary/aromatic N) is 2. The van der Waals surface area contributed by atoms with E-state index in [0.717, 1.165) is 23.4 Å². The Balaban J connectivity index is 2.04. The number of aryl methyl sites for hydroxylation is 2. The van der Waals surface area contributed by atoms with E-state index < -0.39 is 0 Å². The summed E-state index contributed by atoms with van der Waals surface area (Å²) >= 11 is 1.37. The Hall–Kier alpha value is -1.69. The van der Waals surface area contributed by atoms with Crippen molar-refractivity contribution in [3.63, 3.8) is 0 Å². The molecule has 0 unspecified atom stereocenters. The Labute approximate surface area is 102 Å². The minimum Gasteiger partial charge on any atom is -0.494 e. The molecule has 4 nitrogen and oxygen atoms in total. The van der Waals surface area contributed by atoms with Crippen LogP contribution in [0.4, 0.5) is 9.52 Å². The molecule has 0 bridgehead atoms. The number of rotatable bonds is 4. The summed E-state index contributed by atoms with van der Waals surface area (Å²) in [6.07, 6.45) is 1.49. The monoisotopic (exact) mass is 253 g/mol. The van der Waals surface area contributed by atoms with Crippen molar-refractivity contribution in [2.24, 2.45) is 0 Å². The van der Waals surface area contributed by atoms with Crippen LogP contribution in [0.2, 0.25) is 0 Å². The zero-order valence-corrected chi connectivity index (χ0v) is 10.1. The van der Waals surface area contributed by atoms with Crippen LogP contribution in [0, 0.1) is 5.82 Å². The number of hydrogen-bond acceptors (Lipinski definition) is 5. The molecule has 0 aliphatic rings. The van der Waals surface area contributed by atoms with Crippen LogP contribution in [-0.4, -0.2) is 17.3 Å². The van der Waals surface area contributed by atoms with Crippen LogP contribution < -0.4 is 10.5 Å². The summed E-state index contributed by atoms with van der Waals surface area (Å²) in [4.78, 5) is 0. The number of aromatic nitrogens is 2. The topological polar surface area (TPSA) is 61.0 Å². The maximum absolute atomic E-state index is 13.2. The summed E-state index contributed by atoms with van der Waals surface area (Å²) in [6.45, 7) is 0. The van der Waals surface area contributed by atoms with E-state index >= 15 is 0 Å². The van der Waals surface area contributed by atoms with Gasteiger partial charge in [-0.3, -0.25) is 0 Å². The number of benzene rings is 1. The first-order valence-electron chi connectivity index (χ1n) is 5.09. The molecule has 0 fully saturated rings. The van der Waals surface area contributed by atoms with E-state index in [1.165, 1.54) is 24.5 Å². The molecule has 90 valence electrons. The van der Waals surface area contributed by atoms with Gasteiger partial charge in [0.25, 0.3) is 0 Å². The predicted molar refractivity (Wildman–Crippen MR) is 64.7 cm³/mol. The van der Waals surface area contributed by atoms with Gasteiger partial charge in [0.05, 0.1) is 7.11 Å². The smallest absolute Gasteiger partial charge is 0.203 e. The van der Waals surface area contributed by atoms with Gasteiger partial charge in [-0.05, 0) is 24.1 Å². The Morgan fingerprint density at radius 2 is 2.18 bits per heavy atom. The fourth-order valence-corrected chi connectivity index (χ4v) is 2.09. The molecule has 2 rings (SSSR count). The number of hydrogen-bond donors (Lipinski definition) is 1. The van der Waals surface area contributed by atoms with Gasteiger partial charge < -0.3 is 10.5 Å². The van der Waals surface area contributed by atoms with Crippen LogP contribution in [0.1, 0.15) is 10.6 Å². The second kappa shape index (κ2) is 5.09. The van der Waals surface area contributed by atoms with Crippen molar-refractivity contribution in [3.05, 3.63) is 34.6 Å². The summed E-state index contributed by atoms with van der Waals surface area (Å²) in [7, 11) is 1.45. The Kier molecular flexibility index (Phi) is 3.53. The van der Waals surface area contributed by atoms with Crippen LogP contribution in [0.25, 0.3) is 0 Å². The highest BCUT2D eigenvalue weighted by Gasteiger charge is 2.05. The molecule has 1 aromatic carbocycles. The molecule has 0 aliphatic heterocycles. The van der Waals surface area contributed by atoms with Crippen molar-refractivity contribution in [3.8, 4) is 5.75 Å². The summed E-state index contributed by atoms with van der Waals surface area (Å²) in [6, 6.07) is 4.84. The molecule has 1 heterocycles. The number of halogens is 1. The third kappa shape index (κ3) is 2.91. The van der Waals surface area contributed by atoms with Crippen LogP contribution in [0.15, 0.2) is 18.2 Å². The van der Waals surface area contributed by atoms with E-state index in [9.17, 15) is 4.39 Å². The van der Waals surface area contributed by atoms with Crippen molar-refractivity contribution in [1.29, 1.82) is 0 Å². The molecule has 0 saturated carbocycles. The van der Waals surface area contributed by atoms with Crippen molar-refractivity contribution in [2.75, 3.05) is 12.8 Å². The summed E-state index contributed by atoms with van der Waals surface area (Å²) in [5.41, 5.74) is 6.49. The number of methoxy groups -OCH3 is 1. The average Bonchev–Trinajstić information content (AvgIpc) is 2.74. The van der Waals surface area contributed by atoms with E-state index in [4.69, 9.17) is 10.5 Å². The number of nitrogens with two attached hydrogens (primary N) is 1. The first-order valence-corrected chi connectivity index (χ1v) is 5.91. The third-order valence-electron chi connectivity index (χ3n) is 2.33. The maximum atomic E-state index is 13.2. The van der Waals surface area contributed by atoms with Crippen LogP contribution >= 0.6 is 11.3 Å². The average molecular weight is 253 g/mol. The highest BCUT2D eigenvalue weighted by atomic mass is 32.1. The summed E-state index contributed by atoms with van der Waals surface area (Å²) < 4.78 is 18.1. The lowest BCUT2D eigenvalue weighted by atomic mass is 10.1. The van der Waals surface area contributed by atoms with E-state index in [0.29, 0.717) is 5.13 Å². The number of nitrogen functional groups attached to an aromatic ring is 1. The Bertz CT molecular complexity index is 515. The van der Waals surface area contributed by atoms with Gasteiger partial charge in [0.2, 0.25) is 5.13 Å². The molecular formula is C11H12FN3OS. The molecule has 2 aromatic rings. The van der Waals surface area contributed by atoms with Gasteiger partial charge in [-0.1, -0.05) is 17.4 Å². The van der Waals surface area contributed by atoms with E-state index in [1.807, 2.05) is 0 Å². The lowest BCUT2D eigenvalue weighted by molar-refractivity contribution is 0.386. The van der Waals surface area contributed by atoms with E-state index in [1.54, 1.807) is 12.1 Å². The quantitative estimate of drug-likeness (QED) is 0.906. The van der Waals surface area contributed by atoms with E-state index in [-0.39, 0.29) is 11.6 Å². The highest BCUT2D eigenvalue weighted by molar-refractivity contribution is 7.15. The first kappa shape index (κ1) is 11.8. The van der Waals surface area contributed by atoms with Gasteiger partial charge in [0.1, 0.15) is 5.01 Å². The van der Waals surface area contributed by atoms with Gasteiger partial charge in [-0.15, -0.1) is 10.2 Å². The van der Waals surface area contributed by atoms with Crippen molar-refractivity contribution in [1.82, 2.24) is 10.2 Å².